The average molecular weight is 352 g/mol. The van der Waals surface area contributed by atoms with Gasteiger partial charge < -0.3 is 10.3 Å². The van der Waals surface area contributed by atoms with Gasteiger partial charge in [-0.2, -0.15) is 4.98 Å². The summed E-state index contributed by atoms with van der Waals surface area (Å²) in [6.07, 6.45) is 1.81. The molecule has 0 amide bonds. The van der Waals surface area contributed by atoms with Gasteiger partial charge in [-0.1, -0.05) is 41.0 Å². The molecule has 2 rings (SSSR count). The Hall–Kier alpha value is -1.20. The van der Waals surface area contributed by atoms with Gasteiger partial charge in [-0.3, -0.25) is 0 Å². The zero-order chi connectivity index (χ0) is 15.4. The maximum Gasteiger partial charge on any atom is 0.227 e. The van der Waals surface area contributed by atoms with Crippen LogP contribution < -0.4 is 5.73 Å². The Bertz CT molecular complexity index is 595. The van der Waals surface area contributed by atoms with Crippen molar-refractivity contribution in [3.05, 3.63) is 34.1 Å². The number of rotatable bonds is 6. The maximum absolute atomic E-state index is 5.83. The summed E-state index contributed by atoms with van der Waals surface area (Å²) in [5.74, 6) is 2.29. The zero-order valence-corrected chi connectivity index (χ0v) is 14.4. The quantitative estimate of drug-likeness (QED) is 0.854. The zero-order valence-electron chi connectivity index (χ0n) is 12.8. The molecule has 0 fully saturated rings. The van der Waals surface area contributed by atoms with Crippen molar-refractivity contribution in [3.63, 3.8) is 0 Å². The van der Waals surface area contributed by atoms with Crippen LogP contribution in [0.1, 0.15) is 31.7 Å². The van der Waals surface area contributed by atoms with Gasteiger partial charge in [0.25, 0.3) is 0 Å². The summed E-state index contributed by atoms with van der Waals surface area (Å²) in [5, 5.41) is 4.09. The second kappa shape index (κ2) is 7.18. The monoisotopic (exact) mass is 351 g/mol. The highest BCUT2D eigenvalue weighted by molar-refractivity contribution is 9.10. The second-order valence-electron chi connectivity index (χ2n) is 5.93. The molecule has 1 aromatic carbocycles. The number of benzene rings is 1. The van der Waals surface area contributed by atoms with E-state index in [4.69, 9.17) is 10.3 Å². The van der Waals surface area contributed by atoms with E-state index in [-0.39, 0.29) is 0 Å². The highest BCUT2D eigenvalue weighted by Gasteiger charge is 2.16. The Morgan fingerprint density at radius 2 is 2.10 bits per heavy atom. The standard InChI is InChI=1S/C16H22BrN3O/c1-10(2)6-12(9-18)8-15-19-16(20-21-15)13-5-4-11(3)7-14(13)17/h4-5,7,10,12H,6,8-9,18H2,1-3H3/t12-/m0/s1. The van der Waals surface area contributed by atoms with Crippen molar-refractivity contribution in [1.29, 1.82) is 0 Å². The first-order valence-corrected chi connectivity index (χ1v) is 8.08. The molecule has 1 atom stereocenters. The minimum absolute atomic E-state index is 0.389. The van der Waals surface area contributed by atoms with Crippen LogP contribution in [0.3, 0.4) is 0 Å². The van der Waals surface area contributed by atoms with Gasteiger partial charge in [-0.25, -0.2) is 0 Å². The van der Waals surface area contributed by atoms with Gasteiger partial charge in [0, 0.05) is 16.5 Å². The fraction of sp³-hybridized carbons (Fsp3) is 0.500. The van der Waals surface area contributed by atoms with Gasteiger partial charge in [0.05, 0.1) is 0 Å². The summed E-state index contributed by atoms with van der Waals surface area (Å²) in [6.45, 7) is 7.09. The van der Waals surface area contributed by atoms with E-state index in [9.17, 15) is 0 Å². The molecule has 0 saturated carbocycles. The molecule has 0 radical (unpaired) electrons. The average Bonchev–Trinajstić information content (AvgIpc) is 2.85. The minimum Gasteiger partial charge on any atom is -0.339 e. The number of hydrogen-bond donors (Lipinski definition) is 1. The van der Waals surface area contributed by atoms with E-state index in [0.717, 1.165) is 22.9 Å². The van der Waals surface area contributed by atoms with E-state index in [1.165, 1.54) is 5.56 Å². The Kier molecular flexibility index (Phi) is 5.53. The molecule has 0 bridgehead atoms. The van der Waals surface area contributed by atoms with E-state index in [0.29, 0.717) is 30.1 Å². The summed E-state index contributed by atoms with van der Waals surface area (Å²) < 4.78 is 6.36. The molecule has 0 aliphatic heterocycles. The van der Waals surface area contributed by atoms with Gasteiger partial charge in [0.15, 0.2) is 0 Å². The topological polar surface area (TPSA) is 64.9 Å². The Morgan fingerprint density at radius 3 is 2.71 bits per heavy atom. The molecule has 0 aliphatic rings. The first-order valence-electron chi connectivity index (χ1n) is 7.28. The first kappa shape index (κ1) is 16.2. The number of nitrogens with two attached hydrogens (primary N) is 1. The molecule has 5 heteroatoms. The Morgan fingerprint density at radius 1 is 1.33 bits per heavy atom. The molecule has 0 spiro atoms. The summed E-state index contributed by atoms with van der Waals surface area (Å²) in [7, 11) is 0. The summed E-state index contributed by atoms with van der Waals surface area (Å²) >= 11 is 3.55. The van der Waals surface area contributed by atoms with Crippen LogP contribution >= 0.6 is 15.9 Å². The van der Waals surface area contributed by atoms with Crippen molar-refractivity contribution < 1.29 is 4.52 Å². The van der Waals surface area contributed by atoms with Crippen molar-refractivity contribution in [2.75, 3.05) is 6.54 Å². The minimum atomic E-state index is 0.389. The van der Waals surface area contributed by atoms with Crippen LogP contribution in [0.25, 0.3) is 11.4 Å². The molecule has 1 heterocycles. The summed E-state index contributed by atoms with van der Waals surface area (Å²) in [6, 6.07) is 6.09. The molecule has 21 heavy (non-hydrogen) atoms. The highest BCUT2D eigenvalue weighted by atomic mass is 79.9. The van der Waals surface area contributed by atoms with Gasteiger partial charge >= 0.3 is 0 Å². The van der Waals surface area contributed by atoms with Crippen LogP contribution in [0, 0.1) is 18.8 Å². The predicted octanol–water partition coefficient (Wildman–Crippen LogP) is 3.97. The normalized spacial score (nSPS) is 12.9. The molecular weight excluding hydrogens is 330 g/mol. The maximum atomic E-state index is 5.83. The first-order chi connectivity index (χ1) is 9.99. The summed E-state index contributed by atoms with van der Waals surface area (Å²) in [4.78, 5) is 4.50. The third-order valence-corrected chi connectivity index (χ3v) is 4.09. The van der Waals surface area contributed by atoms with E-state index in [1.54, 1.807) is 0 Å². The molecule has 2 N–H and O–H groups in total. The number of aryl methyl sites for hydroxylation is 1. The van der Waals surface area contributed by atoms with Crippen molar-refractivity contribution in [2.24, 2.45) is 17.6 Å². The van der Waals surface area contributed by atoms with Gasteiger partial charge in [0.2, 0.25) is 11.7 Å². The number of hydrogen-bond acceptors (Lipinski definition) is 4. The van der Waals surface area contributed by atoms with Gasteiger partial charge in [0.1, 0.15) is 0 Å². The lowest BCUT2D eigenvalue weighted by molar-refractivity contribution is 0.332. The molecule has 0 saturated heterocycles. The van der Waals surface area contributed by atoms with Crippen molar-refractivity contribution in [1.82, 2.24) is 10.1 Å². The largest absolute Gasteiger partial charge is 0.339 e. The predicted molar refractivity (Wildman–Crippen MR) is 87.9 cm³/mol. The number of aromatic nitrogens is 2. The Labute approximate surface area is 134 Å². The lowest BCUT2D eigenvalue weighted by Crippen LogP contribution is -2.19. The molecule has 2 aromatic rings. The number of halogens is 1. The van der Waals surface area contributed by atoms with Crippen LogP contribution in [0.2, 0.25) is 0 Å². The van der Waals surface area contributed by atoms with Crippen LogP contribution in [0.15, 0.2) is 27.2 Å². The fourth-order valence-electron chi connectivity index (χ4n) is 2.43. The SMILES string of the molecule is Cc1ccc(-c2noc(C[C@@H](CN)CC(C)C)n2)c(Br)c1. The van der Waals surface area contributed by atoms with E-state index in [2.05, 4.69) is 39.9 Å². The highest BCUT2D eigenvalue weighted by Crippen LogP contribution is 2.27. The molecule has 1 aromatic heterocycles. The molecular formula is C16H22BrN3O. The second-order valence-corrected chi connectivity index (χ2v) is 6.78. The fourth-order valence-corrected chi connectivity index (χ4v) is 3.10. The van der Waals surface area contributed by atoms with Crippen LogP contribution in [-0.4, -0.2) is 16.7 Å². The molecule has 4 nitrogen and oxygen atoms in total. The molecule has 114 valence electrons. The lowest BCUT2D eigenvalue weighted by Gasteiger charge is -2.14. The van der Waals surface area contributed by atoms with Crippen LogP contribution in [0.5, 0.6) is 0 Å². The van der Waals surface area contributed by atoms with E-state index < -0.39 is 0 Å². The lowest BCUT2D eigenvalue weighted by atomic mass is 9.94. The third kappa shape index (κ3) is 4.38. The summed E-state index contributed by atoms with van der Waals surface area (Å²) in [5.41, 5.74) is 7.97. The number of nitrogens with zero attached hydrogens (tertiary/aromatic N) is 2. The van der Waals surface area contributed by atoms with Crippen molar-refractivity contribution in [2.45, 2.75) is 33.6 Å². The van der Waals surface area contributed by atoms with E-state index in [1.807, 2.05) is 25.1 Å². The molecule has 0 aliphatic carbocycles. The van der Waals surface area contributed by atoms with Crippen molar-refractivity contribution in [3.8, 4) is 11.4 Å². The Balaban J connectivity index is 2.14. The van der Waals surface area contributed by atoms with Crippen LogP contribution in [-0.2, 0) is 6.42 Å². The van der Waals surface area contributed by atoms with Crippen LogP contribution in [0.4, 0.5) is 0 Å². The smallest absolute Gasteiger partial charge is 0.227 e. The molecule has 0 unspecified atom stereocenters. The third-order valence-electron chi connectivity index (χ3n) is 3.43. The van der Waals surface area contributed by atoms with Gasteiger partial charge in [-0.15, -0.1) is 0 Å². The van der Waals surface area contributed by atoms with E-state index >= 15 is 0 Å². The van der Waals surface area contributed by atoms with Crippen molar-refractivity contribution >= 4 is 15.9 Å². The van der Waals surface area contributed by atoms with Gasteiger partial charge in [-0.05, 0) is 49.4 Å².